The van der Waals surface area contributed by atoms with E-state index in [1.807, 2.05) is 24.3 Å². The molecule has 0 spiro atoms. The quantitative estimate of drug-likeness (QED) is 0.679. The standard InChI is InChI=1S/C23H22ClN3O2/c1-15-3-4-16(2)27(15)21-11-7-19(8-12-21)25-23(29)17-13-22(28)26(14-17)20-9-5-18(24)6-10-20/h3-12,17H,13-14H2,1-2H3,(H,25,29)/t17-/m1/s1. The molecule has 3 aromatic rings. The van der Waals surface area contributed by atoms with Crippen molar-refractivity contribution in [1.82, 2.24) is 4.57 Å². The number of benzene rings is 2. The molecule has 2 amide bonds. The fourth-order valence-corrected chi connectivity index (χ4v) is 3.89. The average molecular weight is 408 g/mol. The minimum Gasteiger partial charge on any atom is -0.326 e. The minimum absolute atomic E-state index is 0.0543. The lowest BCUT2D eigenvalue weighted by atomic mass is 10.1. The molecule has 29 heavy (non-hydrogen) atoms. The van der Waals surface area contributed by atoms with Crippen molar-refractivity contribution in [3.8, 4) is 5.69 Å². The molecule has 2 aromatic carbocycles. The first-order valence-corrected chi connectivity index (χ1v) is 9.92. The van der Waals surface area contributed by atoms with Gasteiger partial charge in [0.15, 0.2) is 0 Å². The summed E-state index contributed by atoms with van der Waals surface area (Å²) in [5.74, 6) is -0.580. The Morgan fingerprint density at radius 2 is 1.52 bits per heavy atom. The summed E-state index contributed by atoms with van der Waals surface area (Å²) < 4.78 is 2.16. The zero-order valence-electron chi connectivity index (χ0n) is 16.4. The molecule has 0 aliphatic carbocycles. The van der Waals surface area contributed by atoms with Gasteiger partial charge in [-0.05, 0) is 74.5 Å². The molecule has 1 aromatic heterocycles. The van der Waals surface area contributed by atoms with Gasteiger partial charge in [0.25, 0.3) is 0 Å². The van der Waals surface area contributed by atoms with E-state index in [2.05, 4.69) is 35.9 Å². The number of carbonyl (C=O) groups is 2. The molecular weight excluding hydrogens is 386 g/mol. The zero-order chi connectivity index (χ0) is 20.5. The zero-order valence-corrected chi connectivity index (χ0v) is 17.1. The fraction of sp³-hybridized carbons (Fsp3) is 0.217. The smallest absolute Gasteiger partial charge is 0.229 e. The number of rotatable bonds is 4. The van der Waals surface area contributed by atoms with Gasteiger partial charge >= 0.3 is 0 Å². The van der Waals surface area contributed by atoms with Crippen molar-refractivity contribution >= 4 is 34.8 Å². The van der Waals surface area contributed by atoms with Gasteiger partial charge in [0.05, 0.1) is 5.92 Å². The molecule has 0 radical (unpaired) electrons. The Morgan fingerprint density at radius 1 is 0.931 bits per heavy atom. The van der Waals surface area contributed by atoms with Crippen molar-refractivity contribution in [3.63, 3.8) is 0 Å². The Labute approximate surface area is 174 Å². The summed E-state index contributed by atoms with van der Waals surface area (Å²) in [6.45, 7) is 4.49. The average Bonchev–Trinajstić information content (AvgIpc) is 3.25. The molecule has 1 N–H and O–H groups in total. The molecule has 4 rings (SSSR count). The van der Waals surface area contributed by atoms with E-state index in [0.29, 0.717) is 11.6 Å². The number of hydrogen-bond donors (Lipinski definition) is 1. The third-order valence-electron chi connectivity index (χ3n) is 5.30. The van der Waals surface area contributed by atoms with Crippen LogP contribution in [0.2, 0.25) is 5.02 Å². The lowest BCUT2D eigenvalue weighted by Crippen LogP contribution is -2.28. The van der Waals surface area contributed by atoms with E-state index in [9.17, 15) is 9.59 Å². The topological polar surface area (TPSA) is 54.3 Å². The Hall–Kier alpha value is -3.05. The largest absolute Gasteiger partial charge is 0.326 e. The van der Waals surface area contributed by atoms with Crippen LogP contribution in [0.1, 0.15) is 17.8 Å². The molecule has 1 saturated heterocycles. The van der Waals surface area contributed by atoms with Crippen LogP contribution in [0.3, 0.4) is 0 Å². The first-order chi connectivity index (χ1) is 13.9. The molecular formula is C23H22ClN3O2. The Balaban J connectivity index is 1.43. The Morgan fingerprint density at radius 3 is 2.14 bits per heavy atom. The lowest BCUT2D eigenvalue weighted by Gasteiger charge is -2.17. The summed E-state index contributed by atoms with van der Waals surface area (Å²) in [6.07, 6.45) is 0.203. The SMILES string of the molecule is Cc1ccc(C)n1-c1ccc(NC(=O)[C@@H]2CC(=O)N(c3ccc(Cl)cc3)C2)cc1. The van der Waals surface area contributed by atoms with E-state index in [4.69, 9.17) is 11.6 Å². The highest BCUT2D eigenvalue weighted by Crippen LogP contribution is 2.27. The third kappa shape index (κ3) is 3.91. The predicted octanol–water partition coefficient (Wildman–Crippen LogP) is 4.74. The van der Waals surface area contributed by atoms with Crippen LogP contribution in [0, 0.1) is 19.8 Å². The van der Waals surface area contributed by atoms with Crippen LogP contribution in [-0.2, 0) is 9.59 Å². The summed E-state index contributed by atoms with van der Waals surface area (Å²) in [5.41, 5.74) is 4.85. The molecule has 1 fully saturated rings. The van der Waals surface area contributed by atoms with E-state index >= 15 is 0 Å². The molecule has 2 heterocycles. The summed E-state index contributed by atoms with van der Waals surface area (Å²) in [6, 6.07) is 19.0. The summed E-state index contributed by atoms with van der Waals surface area (Å²) >= 11 is 5.92. The molecule has 0 unspecified atom stereocenters. The van der Waals surface area contributed by atoms with E-state index in [-0.39, 0.29) is 24.2 Å². The van der Waals surface area contributed by atoms with Crippen LogP contribution >= 0.6 is 11.6 Å². The van der Waals surface area contributed by atoms with E-state index in [0.717, 1.165) is 28.5 Å². The number of aryl methyl sites for hydroxylation is 2. The van der Waals surface area contributed by atoms with Gasteiger partial charge in [0, 0.05) is 46.4 Å². The van der Waals surface area contributed by atoms with Gasteiger partial charge in [0.2, 0.25) is 11.8 Å². The van der Waals surface area contributed by atoms with Crippen LogP contribution in [-0.4, -0.2) is 22.9 Å². The predicted molar refractivity (Wildman–Crippen MR) is 116 cm³/mol. The number of carbonyl (C=O) groups excluding carboxylic acids is 2. The number of aromatic nitrogens is 1. The molecule has 1 aliphatic heterocycles. The highest BCUT2D eigenvalue weighted by Gasteiger charge is 2.35. The van der Waals surface area contributed by atoms with E-state index in [1.165, 1.54) is 0 Å². The number of nitrogens with one attached hydrogen (secondary N) is 1. The summed E-state index contributed by atoms with van der Waals surface area (Å²) in [5, 5.41) is 3.55. The molecule has 0 saturated carbocycles. The number of hydrogen-bond acceptors (Lipinski definition) is 2. The van der Waals surface area contributed by atoms with Crippen LogP contribution < -0.4 is 10.2 Å². The number of amides is 2. The second-order valence-electron chi connectivity index (χ2n) is 7.37. The van der Waals surface area contributed by atoms with Crippen molar-refractivity contribution in [2.24, 2.45) is 5.92 Å². The van der Waals surface area contributed by atoms with Gasteiger partial charge in [-0.2, -0.15) is 0 Å². The maximum atomic E-state index is 12.7. The highest BCUT2D eigenvalue weighted by atomic mass is 35.5. The monoisotopic (exact) mass is 407 g/mol. The second kappa shape index (κ2) is 7.76. The van der Waals surface area contributed by atoms with Gasteiger partial charge in [-0.3, -0.25) is 9.59 Å². The summed E-state index contributed by atoms with van der Waals surface area (Å²) in [7, 11) is 0. The van der Waals surface area contributed by atoms with Gasteiger partial charge < -0.3 is 14.8 Å². The highest BCUT2D eigenvalue weighted by molar-refractivity contribution is 6.30. The molecule has 148 valence electrons. The Kier molecular flexibility index (Phi) is 5.16. The van der Waals surface area contributed by atoms with Crippen molar-refractivity contribution in [2.75, 3.05) is 16.8 Å². The van der Waals surface area contributed by atoms with Gasteiger partial charge in [0.1, 0.15) is 0 Å². The van der Waals surface area contributed by atoms with Crippen LogP contribution in [0.5, 0.6) is 0 Å². The number of nitrogens with zero attached hydrogens (tertiary/aromatic N) is 2. The van der Waals surface area contributed by atoms with E-state index < -0.39 is 0 Å². The number of anilines is 2. The maximum Gasteiger partial charge on any atom is 0.229 e. The van der Waals surface area contributed by atoms with Crippen molar-refractivity contribution in [2.45, 2.75) is 20.3 Å². The van der Waals surface area contributed by atoms with Crippen LogP contribution in [0.4, 0.5) is 11.4 Å². The normalized spacial score (nSPS) is 16.3. The van der Waals surface area contributed by atoms with Crippen LogP contribution in [0.25, 0.3) is 5.69 Å². The third-order valence-corrected chi connectivity index (χ3v) is 5.55. The molecule has 1 atom stereocenters. The number of halogens is 1. The van der Waals surface area contributed by atoms with Crippen molar-refractivity contribution in [1.29, 1.82) is 0 Å². The van der Waals surface area contributed by atoms with Gasteiger partial charge in [-0.15, -0.1) is 0 Å². The fourth-order valence-electron chi connectivity index (χ4n) is 3.77. The van der Waals surface area contributed by atoms with Crippen LogP contribution in [0.15, 0.2) is 60.7 Å². The van der Waals surface area contributed by atoms with Gasteiger partial charge in [-0.25, -0.2) is 0 Å². The second-order valence-corrected chi connectivity index (χ2v) is 7.81. The van der Waals surface area contributed by atoms with Crippen molar-refractivity contribution < 1.29 is 9.59 Å². The minimum atomic E-state index is -0.383. The maximum absolute atomic E-state index is 12.7. The first-order valence-electron chi connectivity index (χ1n) is 9.54. The lowest BCUT2D eigenvalue weighted by molar-refractivity contribution is -0.122. The molecule has 0 bridgehead atoms. The first kappa shape index (κ1) is 19.3. The van der Waals surface area contributed by atoms with E-state index in [1.54, 1.807) is 29.2 Å². The summed E-state index contributed by atoms with van der Waals surface area (Å²) in [4.78, 5) is 26.7. The molecule has 5 nitrogen and oxygen atoms in total. The molecule has 6 heteroatoms. The van der Waals surface area contributed by atoms with Gasteiger partial charge in [-0.1, -0.05) is 11.6 Å². The van der Waals surface area contributed by atoms with Crippen molar-refractivity contribution in [3.05, 3.63) is 77.1 Å². The molecule has 1 aliphatic rings. The Bertz CT molecular complexity index is 1040.